The highest BCUT2D eigenvalue weighted by atomic mass is 16.5. The highest BCUT2D eigenvalue weighted by Crippen LogP contribution is 2.17. The molecule has 0 aliphatic heterocycles. The average molecular weight is 973 g/mol. The van der Waals surface area contributed by atoms with Crippen molar-refractivity contribution < 1.29 is 24.5 Å². The first-order chi connectivity index (χ1) is 34.0. The van der Waals surface area contributed by atoms with Crippen molar-refractivity contribution in [2.24, 2.45) is 0 Å². The van der Waals surface area contributed by atoms with Gasteiger partial charge in [0.25, 0.3) is 0 Å². The molecule has 0 aliphatic rings. The molecule has 0 saturated heterocycles. The summed E-state index contributed by atoms with van der Waals surface area (Å²) < 4.78 is 5.48. The number of rotatable bonds is 58. The highest BCUT2D eigenvalue weighted by molar-refractivity contribution is 5.76. The van der Waals surface area contributed by atoms with Gasteiger partial charge in [0, 0.05) is 12.8 Å². The maximum atomic E-state index is 12.5. The molecular formula is C63H121NO5. The van der Waals surface area contributed by atoms with Gasteiger partial charge in [0.05, 0.1) is 25.4 Å². The van der Waals surface area contributed by atoms with Gasteiger partial charge in [-0.3, -0.25) is 9.59 Å². The standard InChI is InChI=1S/C63H121NO5/c1-3-5-7-9-11-13-15-17-19-24-28-31-35-39-43-47-51-55-61(66)60(59-65)64-62(67)56-52-48-44-40-36-32-29-25-22-20-21-23-26-30-34-38-42-46-50-54-58-69-63(68)57-53-49-45-41-37-33-27-18-16-14-12-10-8-6-4-2/h18,27,51,55,60-61,65-66H,3-17,19-26,28-50,52-54,56-59H2,1-2H3,(H,64,67)/b27-18-,55-51+. The predicted octanol–water partition coefficient (Wildman–Crippen LogP) is 19.4. The van der Waals surface area contributed by atoms with Crippen LogP contribution in [0.2, 0.25) is 0 Å². The van der Waals surface area contributed by atoms with Crippen LogP contribution in [0.1, 0.15) is 341 Å². The quantitative estimate of drug-likeness (QED) is 0.0321. The molecule has 0 fully saturated rings. The largest absolute Gasteiger partial charge is 0.466 e. The molecule has 0 saturated carbocycles. The van der Waals surface area contributed by atoms with Crippen LogP contribution in [-0.2, 0) is 14.3 Å². The summed E-state index contributed by atoms with van der Waals surface area (Å²) >= 11 is 0. The summed E-state index contributed by atoms with van der Waals surface area (Å²) in [5.74, 6) is -0.0652. The molecule has 0 radical (unpaired) electrons. The molecule has 0 heterocycles. The summed E-state index contributed by atoms with van der Waals surface area (Å²) in [5.41, 5.74) is 0. The fourth-order valence-electron chi connectivity index (χ4n) is 9.69. The number of esters is 1. The van der Waals surface area contributed by atoms with Crippen molar-refractivity contribution >= 4 is 11.9 Å². The first kappa shape index (κ1) is 67.3. The monoisotopic (exact) mass is 972 g/mol. The summed E-state index contributed by atoms with van der Waals surface area (Å²) in [6.07, 6.45) is 72.1. The van der Waals surface area contributed by atoms with Gasteiger partial charge in [-0.15, -0.1) is 0 Å². The van der Waals surface area contributed by atoms with Crippen LogP contribution in [0, 0.1) is 0 Å². The van der Waals surface area contributed by atoms with Crippen LogP contribution < -0.4 is 5.32 Å². The topological polar surface area (TPSA) is 95.9 Å². The molecule has 408 valence electrons. The molecule has 0 aromatic rings. The molecule has 0 rings (SSSR count). The molecular weight excluding hydrogens is 851 g/mol. The molecule has 0 aliphatic carbocycles. The van der Waals surface area contributed by atoms with E-state index in [1.165, 1.54) is 270 Å². The first-order valence-electron chi connectivity index (χ1n) is 31.1. The number of allylic oxidation sites excluding steroid dienone is 3. The lowest BCUT2D eigenvalue weighted by Crippen LogP contribution is -2.45. The number of carbonyl (C=O) groups is 2. The molecule has 0 bridgehead atoms. The second-order valence-electron chi connectivity index (χ2n) is 21.4. The van der Waals surface area contributed by atoms with Crippen LogP contribution in [0.3, 0.4) is 0 Å². The Morgan fingerprint density at radius 2 is 0.681 bits per heavy atom. The second kappa shape index (κ2) is 58.9. The molecule has 2 atom stereocenters. The molecule has 69 heavy (non-hydrogen) atoms. The Hall–Kier alpha value is -1.66. The molecule has 6 nitrogen and oxygen atoms in total. The van der Waals surface area contributed by atoms with Crippen LogP contribution in [0.5, 0.6) is 0 Å². The summed E-state index contributed by atoms with van der Waals surface area (Å²) in [6.45, 7) is 4.91. The fraction of sp³-hybridized carbons (Fsp3) is 0.905. The summed E-state index contributed by atoms with van der Waals surface area (Å²) in [5, 5.41) is 23.2. The van der Waals surface area contributed by atoms with Gasteiger partial charge >= 0.3 is 5.97 Å². The minimum Gasteiger partial charge on any atom is -0.466 e. The Kier molecular flexibility index (Phi) is 57.5. The SMILES string of the molecule is CCCCCCCC/C=C\CCCCCCCC(=O)OCCCCCCCCCCCCCCCCCCCCCCC(=O)NC(CO)C(O)/C=C/CCCCCCCCCCCCCCCCC. The lowest BCUT2D eigenvalue weighted by atomic mass is 10.0. The van der Waals surface area contributed by atoms with E-state index in [1.807, 2.05) is 6.08 Å². The summed E-state index contributed by atoms with van der Waals surface area (Å²) in [6, 6.07) is -0.629. The van der Waals surface area contributed by atoms with Crippen molar-refractivity contribution in [1.82, 2.24) is 5.32 Å². The predicted molar refractivity (Wildman–Crippen MR) is 301 cm³/mol. The lowest BCUT2D eigenvalue weighted by molar-refractivity contribution is -0.143. The van der Waals surface area contributed by atoms with E-state index in [0.717, 1.165) is 44.9 Å². The number of amides is 1. The summed E-state index contributed by atoms with van der Waals surface area (Å²) in [7, 11) is 0. The highest BCUT2D eigenvalue weighted by Gasteiger charge is 2.18. The van der Waals surface area contributed by atoms with E-state index in [4.69, 9.17) is 4.74 Å². The van der Waals surface area contributed by atoms with E-state index in [1.54, 1.807) is 6.08 Å². The van der Waals surface area contributed by atoms with E-state index < -0.39 is 12.1 Å². The van der Waals surface area contributed by atoms with Gasteiger partial charge in [0.2, 0.25) is 5.91 Å². The Balaban J connectivity index is 3.42. The Morgan fingerprint density at radius 1 is 0.391 bits per heavy atom. The van der Waals surface area contributed by atoms with Gasteiger partial charge in [-0.2, -0.15) is 0 Å². The van der Waals surface area contributed by atoms with Crippen molar-refractivity contribution in [3.8, 4) is 0 Å². The van der Waals surface area contributed by atoms with Crippen LogP contribution in [-0.4, -0.2) is 47.4 Å². The Labute approximate surface area is 431 Å². The van der Waals surface area contributed by atoms with Crippen LogP contribution in [0.15, 0.2) is 24.3 Å². The van der Waals surface area contributed by atoms with Crippen molar-refractivity contribution in [3.63, 3.8) is 0 Å². The van der Waals surface area contributed by atoms with Gasteiger partial charge in [0.15, 0.2) is 0 Å². The van der Waals surface area contributed by atoms with Crippen LogP contribution in [0.25, 0.3) is 0 Å². The molecule has 3 N–H and O–H groups in total. The number of nitrogens with one attached hydrogen (secondary N) is 1. The van der Waals surface area contributed by atoms with Gasteiger partial charge < -0.3 is 20.3 Å². The molecule has 1 amide bonds. The number of hydrogen-bond acceptors (Lipinski definition) is 5. The van der Waals surface area contributed by atoms with Gasteiger partial charge in [0.1, 0.15) is 0 Å². The normalized spacial score (nSPS) is 12.7. The number of aliphatic hydroxyl groups is 2. The molecule has 2 unspecified atom stereocenters. The third kappa shape index (κ3) is 55.5. The fourth-order valence-corrected chi connectivity index (χ4v) is 9.69. The van der Waals surface area contributed by atoms with E-state index >= 15 is 0 Å². The third-order valence-electron chi connectivity index (χ3n) is 14.5. The second-order valence-corrected chi connectivity index (χ2v) is 21.4. The van der Waals surface area contributed by atoms with Gasteiger partial charge in [-0.05, 0) is 57.8 Å². The van der Waals surface area contributed by atoms with E-state index in [2.05, 4.69) is 31.3 Å². The first-order valence-corrected chi connectivity index (χ1v) is 31.1. The van der Waals surface area contributed by atoms with Crippen LogP contribution >= 0.6 is 0 Å². The van der Waals surface area contributed by atoms with Gasteiger partial charge in [-0.25, -0.2) is 0 Å². The Bertz CT molecular complexity index is 1080. The van der Waals surface area contributed by atoms with E-state index in [9.17, 15) is 19.8 Å². The Morgan fingerprint density at radius 3 is 1.03 bits per heavy atom. The minimum atomic E-state index is -0.846. The maximum Gasteiger partial charge on any atom is 0.305 e. The minimum absolute atomic E-state index is 0.00242. The van der Waals surface area contributed by atoms with E-state index in [-0.39, 0.29) is 18.5 Å². The third-order valence-corrected chi connectivity index (χ3v) is 14.5. The number of hydrogen-bond donors (Lipinski definition) is 3. The molecule has 0 spiro atoms. The molecule has 6 heteroatoms. The lowest BCUT2D eigenvalue weighted by Gasteiger charge is -2.20. The average Bonchev–Trinajstić information content (AvgIpc) is 3.35. The van der Waals surface area contributed by atoms with Crippen molar-refractivity contribution in [2.45, 2.75) is 353 Å². The molecule has 0 aromatic heterocycles. The number of aliphatic hydroxyl groups excluding tert-OH is 2. The zero-order valence-corrected chi connectivity index (χ0v) is 46.6. The number of carbonyl (C=O) groups excluding carboxylic acids is 2. The van der Waals surface area contributed by atoms with Crippen molar-refractivity contribution in [1.29, 1.82) is 0 Å². The zero-order chi connectivity index (χ0) is 50.0. The maximum absolute atomic E-state index is 12.5. The zero-order valence-electron chi connectivity index (χ0n) is 46.6. The number of unbranched alkanes of at least 4 members (excludes halogenated alkanes) is 45. The smallest absolute Gasteiger partial charge is 0.305 e. The molecule has 0 aromatic carbocycles. The van der Waals surface area contributed by atoms with Crippen LogP contribution in [0.4, 0.5) is 0 Å². The van der Waals surface area contributed by atoms with Gasteiger partial charge in [-0.1, -0.05) is 295 Å². The van der Waals surface area contributed by atoms with Crippen molar-refractivity contribution in [2.75, 3.05) is 13.2 Å². The van der Waals surface area contributed by atoms with Crippen molar-refractivity contribution in [3.05, 3.63) is 24.3 Å². The van der Waals surface area contributed by atoms with E-state index in [0.29, 0.717) is 19.4 Å². The number of ether oxygens (including phenoxy) is 1. The summed E-state index contributed by atoms with van der Waals surface area (Å²) in [4.78, 5) is 24.5.